The van der Waals surface area contributed by atoms with Crippen LogP contribution >= 0.6 is 11.3 Å². The third kappa shape index (κ3) is 2.78. The number of fused-ring (bicyclic) bond motifs is 1. The highest BCUT2D eigenvalue weighted by atomic mass is 32.1. The molecular weight excluding hydrogens is 350 g/mol. The first-order valence-electron chi connectivity index (χ1n) is 7.81. The fourth-order valence-corrected chi connectivity index (χ4v) is 3.53. The van der Waals surface area contributed by atoms with Crippen molar-refractivity contribution in [3.05, 3.63) is 80.6 Å². The van der Waals surface area contributed by atoms with E-state index in [4.69, 9.17) is 0 Å². The van der Waals surface area contributed by atoms with Crippen LogP contribution in [0.3, 0.4) is 0 Å². The third-order valence-electron chi connectivity index (χ3n) is 3.91. The molecule has 2 heterocycles. The molecule has 0 aliphatic heterocycles. The van der Waals surface area contributed by atoms with Crippen LogP contribution in [0, 0.1) is 0 Å². The van der Waals surface area contributed by atoms with Crippen LogP contribution in [0.15, 0.2) is 59.4 Å². The summed E-state index contributed by atoms with van der Waals surface area (Å²) < 4.78 is 6.76. The summed E-state index contributed by atoms with van der Waals surface area (Å²) in [6, 6.07) is 16.3. The maximum absolute atomic E-state index is 12.8. The van der Waals surface area contributed by atoms with Gasteiger partial charge in [0, 0.05) is 5.56 Å². The van der Waals surface area contributed by atoms with E-state index in [0.29, 0.717) is 20.9 Å². The topological polar surface area (TPSA) is 73.6 Å². The molecule has 0 radical (unpaired) electrons. The number of thiazole rings is 1. The Morgan fingerprint density at radius 1 is 1.08 bits per heavy atom. The van der Waals surface area contributed by atoms with Gasteiger partial charge in [-0.2, -0.15) is 0 Å². The standard InChI is InChI=1S/C19H13N3O3S/c1-25-18(24)14-9-7-12(8-10-14)11-15-17(23)22-16(20-21-19(22)26-15)13-5-3-2-4-6-13/h2-11H,1H3. The predicted octanol–water partition coefficient (Wildman–Crippen LogP) is 2.15. The van der Waals surface area contributed by atoms with Crippen LogP contribution in [0.2, 0.25) is 0 Å². The molecule has 0 saturated heterocycles. The summed E-state index contributed by atoms with van der Waals surface area (Å²) in [5.41, 5.74) is 1.95. The Hall–Kier alpha value is -3.32. The Balaban J connectivity index is 1.79. The van der Waals surface area contributed by atoms with E-state index < -0.39 is 5.97 Å². The van der Waals surface area contributed by atoms with Gasteiger partial charge in [0.05, 0.1) is 17.2 Å². The highest BCUT2D eigenvalue weighted by Crippen LogP contribution is 2.17. The lowest BCUT2D eigenvalue weighted by molar-refractivity contribution is 0.0600. The van der Waals surface area contributed by atoms with E-state index >= 15 is 0 Å². The number of ether oxygens (including phenoxy) is 1. The van der Waals surface area contributed by atoms with Gasteiger partial charge in [0.15, 0.2) is 5.82 Å². The van der Waals surface area contributed by atoms with Gasteiger partial charge in [0.2, 0.25) is 4.96 Å². The Morgan fingerprint density at radius 2 is 1.81 bits per heavy atom. The molecule has 26 heavy (non-hydrogen) atoms. The molecule has 7 heteroatoms. The average Bonchev–Trinajstić information content (AvgIpc) is 3.23. The molecule has 0 N–H and O–H groups in total. The van der Waals surface area contributed by atoms with Gasteiger partial charge in [-0.1, -0.05) is 53.8 Å². The summed E-state index contributed by atoms with van der Waals surface area (Å²) >= 11 is 1.28. The van der Waals surface area contributed by atoms with Crippen LogP contribution in [0.5, 0.6) is 0 Å². The summed E-state index contributed by atoms with van der Waals surface area (Å²) in [5.74, 6) is 0.136. The molecule has 0 aliphatic rings. The van der Waals surface area contributed by atoms with Crippen molar-refractivity contribution >= 4 is 28.3 Å². The molecule has 0 aliphatic carbocycles. The number of esters is 1. The van der Waals surface area contributed by atoms with Gasteiger partial charge in [0.1, 0.15) is 0 Å². The molecule has 0 spiro atoms. The van der Waals surface area contributed by atoms with Gasteiger partial charge < -0.3 is 4.74 Å². The molecule has 0 bridgehead atoms. The van der Waals surface area contributed by atoms with E-state index in [0.717, 1.165) is 11.1 Å². The predicted molar refractivity (Wildman–Crippen MR) is 99.1 cm³/mol. The minimum Gasteiger partial charge on any atom is -0.465 e. The molecule has 0 atom stereocenters. The zero-order chi connectivity index (χ0) is 18.1. The number of methoxy groups -OCH3 is 1. The first-order chi connectivity index (χ1) is 12.7. The number of hydrogen-bond acceptors (Lipinski definition) is 6. The third-order valence-corrected chi connectivity index (χ3v) is 4.87. The number of carbonyl (C=O) groups is 1. The van der Waals surface area contributed by atoms with Crippen LogP contribution in [0.1, 0.15) is 15.9 Å². The molecule has 0 fully saturated rings. The van der Waals surface area contributed by atoms with E-state index in [9.17, 15) is 9.59 Å². The molecule has 4 aromatic rings. The lowest BCUT2D eigenvalue weighted by atomic mass is 10.1. The number of hydrogen-bond donors (Lipinski definition) is 0. The number of nitrogens with zero attached hydrogens (tertiary/aromatic N) is 3. The molecule has 6 nitrogen and oxygen atoms in total. The molecular formula is C19H13N3O3S. The lowest BCUT2D eigenvalue weighted by Gasteiger charge is -1.98. The van der Waals surface area contributed by atoms with Crippen molar-refractivity contribution < 1.29 is 9.53 Å². The molecule has 2 aromatic heterocycles. The highest BCUT2D eigenvalue weighted by Gasteiger charge is 2.13. The van der Waals surface area contributed by atoms with Crippen LogP contribution in [-0.4, -0.2) is 27.7 Å². The minimum absolute atomic E-state index is 0.161. The second-order valence-electron chi connectivity index (χ2n) is 5.54. The van der Waals surface area contributed by atoms with E-state index in [1.54, 1.807) is 30.3 Å². The number of carbonyl (C=O) groups excluding carboxylic acids is 1. The second kappa shape index (κ2) is 6.53. The zero-order valence-corrected chi connectivity index (χ0v) is 14.6. The SMILES string of the molecule is COC(=O)c1ccc(C=c2sc3nnc(-c4ccccc4)n3c2=O)cc1. The van der Waals surface area contributed by atoms with E-state index in [-0.39, 0.29) is 5.56 Å². The average molecular weight is 363 g/mol. The lowest BCUT2D eigenvalue weighted by Crippen LogP contribution is -2.23. The molecule has 0 amide bonds. The van der Waals surface area contributed by atoms with Crippen molar-refractivity contribution in [1.82, 2.24) is 14.6 Å². The van der Waals surface area contributed by atoms with Crippen LogP contribution in [0.25, 0.3) is 22.4 Å². The van der Waals surface area contributed by atoms with Gasteiger partial charge in [-0.25, -0.2) is 9.20 Å². The highest BCUT2D eigenvalue weighted by molar-refractivity contribution is 7.15. The smallest absolute Gasteiger partial charge is 0.337 e. The van der Waals surface area contributed by atoms with Gasteiger partial charge in [-0.15, -0.1) is 10.2 Å². The Morgan fingerprint density at radius 3 is 2.50 bits per heavy atom. The largest absolute Gasteiger partial charge is 0.465 e. The molecule has 2 aromatic carbocycles. The van der Waals surface area contributed by atoms with Gasteiger partial charge >= 0.3 is 5.97 Å². The number of benzene rings is 2. The van der Waals surface area contributed by atoms with Crippen molar-refractivity contribution in [1.29, 1.82) is 0 Å². The van der Waals surface area contributed by atoms with E-state index in [2.05, 4.69) is 14.9 Å². The first-order valence-corrected chi connectivity index (χ1v) is 8.62. The van der Waals surface area contributed by atoms with E-state index in [1.807, 2.05) is 30.3 Å². The molecule has 4 rings (SSSR count). The Labute approximate surface area is 152 Å². The molecule has 0 saturated carbocycles. The number of aromatic nitrogens is 3. The molecule has 0 unspecified atom stereocenters. The van der Waals surface area contributed by atoms with Gasteiger partial charge in [-0.3, -0.25) is 4.79 Å². The second-order valence-corrected chi connectivity index (χ2v) is 6.55. The maximum atomic E-state index is 12.8. The maximum Gasteiger partial charge on any atom is 0.337 e. The van der Waals surface area contributed by atoms with Crippen molar-refractivity contribution in [3.8, 4) is 11.4 Å². The van der Waals surface area contributed by atoms with Gasteiger partial charge in [0.25, 0.3) is 5.56 Å². The summed E-state index contributed by atoms with van der Waals surface area (Å²) in [5, 5.41) is 8.25. The quantitative estimate of drug-likeness (QED) is 0.522. The number of rotatable bonds is 3. The summed E-state index contributed by atoms with van der Waals surface area (Å²) in [7, 11) is 1.34. The van der Waals surface area contributed by atoms with Crippen molar-refractivity contribution in [2.24, 2.45) is 0 Å². The van der Waals surface area contributed by atoms with Crippen LogP contribution in [0.4, 0.5) is 0 Å². The summed E-state index contributed by atoms with van der Waals surface area (Å²) in [4.78, 5) is 24.8. The van der Waals surface area contributed by atoms with Gasteiger partial charge in [-0.05, 0) is 23.8 Å². The van der Waals surface area contributed by atoms with E-state index in [1.165, 1.54) is 22.8 Å². The fourth-order valence-electron chi connectivity index (χ4n) is 2.62. The normalized spacial score (nSPS) is 11.8. The van der Waals surface area contributed by atoms with Crippen LogP contribution in [-0.2, 0) is 4.74 Å². The van der Waals surface area contributed by atoms with Crippen molar-refractivity contribution in [2.75, 3.05) is 7.11 Å². The van der Waals surface area contributed by atoms with Crippen molar-refractivity contribution in [3.63, 3.8) is 0 Å². The Kier molecular flexibility index (Phi) is 4.06. The zero-order valence-electron chi connectivity index (χ0n) is 13.7. The summed E-state index contributed by atoms with van der Waals surface area (Å²) in [6.07, 6.45) is 1.78. The fraction of sp³-hybridized carbons (Fsp3) is 0.0526. The first kappa shape index (κ1) is 16.2. The summed E-state index contributed by atoms with van der Waals surface area (Å²) in [6.45, 7) is 0. The minimum atomic E-state index is -0.394. The Bertz CT molecular complexity index is 1190. The molecule has 128 valence electrons. The van der Waals surface area contributed by atoms with Crippen molar-refractivity contribution in [2.45, 2.75) is 0 Å². The van der Waals surface area contributed by atoms with Crippen LogP contribution < -0.4 is 10.1 Å². The monoisotopic (exact) mass is 363 g/mol.